The third-order valence-electron chi connectivity index (χ3n) is 4.41. The second-order valence-electron chi connectivity index (χ2n) is 6.52. The molecule has 3 heterocycles. The quantitative estimate of drug-likeness (QED) is 0.283. The number of guanidine groups is 1. The largest absolute Gasteiger partial charge is 0.356 e. The summed E-state index contributed by atoms with van der Waals surface area (Å²) >= 11 is 0. The number of hydrogen-bond acceptors (Lipinski definition) is 4. The second kappa shape index (κ2) is 10.4. The fourth-order valence-corrected chi connectivity index (χ4v) is 3.11. The molecule has 9 heteroatoms. The molecule has 148 valence electrons. The van der Waals surface area contributed by atoms with Gasteiger partial charge < -0.3 is 15.5 Å². The van der Waals surface area contributed by atoms with Gasteiger partial charge in [0.2, 0.25) is 0 Å². The highest BCUT2D eigenvalue weighted by Gasteiger charge is 2.25. The van der Waals surface area contributed by atoms with Crippen LogP contribution < -0.4 is 15.5 Å². The summed E-state index contributed by atoms with van der Waals surface area (Å²) < 4.78 is 15.8. The van der Waals surface area contributed by atoms with E-state index >= 15 is 0 Å². The molecular formula is C18H27FIN7. The van der Waals surface area contributed by atoms with Crippen LogP contribution in [0.1, 0.15) is 18.4 Å². The van der Waals surface area contributed by atoms with Crippen LogP contribution in [0.25, 0.3) is 0 Å². The molecule has 2 aromatic heterocycles. The maximum Gasteiger partial charge on any atom is 0.191 e. The van der Waals surface area contributed by atoms with Crippen molar-refractivity contribution in [2.45, 2.75) is 32.4 Å². The van der Waals surface area contributed by atoms with E-state index in [9.17, 15) is 4.39 Å². The Morgan fingerprint density at radius 2 is 2.30 bits per heavy atom. The zero-order valence-electron chi connectivity index (χ0n) is 15.7. The molecule has 2 N–H and O–H groups in total. The molecule has 2 aromatic rings. The number of halogens is 2. The van der Waals surface area contributed by atoms with Crippen molar-refractivity contribution in [3.8, 4) is 0 Å². The first kappa shape index (κ1) is 21.4. The number of nitrogens with zero attached hydrogens (tertiary/aromatic N) is 5. The third-order valence-corrected chi connectivity index (χ3v) is 4.41. The molecule has 1 unspecified atom stereocenters. The molecular weight excluding hydrogens is 460 g/mol. The van der Waals surface area contributed by atoms with E-state index in [1.807, 2.05) is 28.9 Å². The van der Waals surface area contributed by atoms with E-state index in [0.29, 0.717) is 12.4 Å². The third kappa shape index (κ3) is 6.05. The number of nitrogens with one attached hydrogen (secondary N) is 2. The first-order valence-corrected chi connectivity index (χ1v) is 8.97. The molecule has 0 amide bonds. The Kier molecular flexibility index (Phi) is 8.26. The van der Waals surface area contributed by atoms with Crippen molar-refractivity contribution in [2.75, 3.05) is 31.6 Å². The molecule has 1 atom stereocenters. The molecule has 3 rings (SSSR count). The molecule has 0 aromatic carbocycles. The summed E-state index contributed by atoms with van der Waals surface area (Å²) in [6, 6.07) is 3.28. The van der Waals surface area contributed by atoms with Crippen molar-refractivity contribution in [1.29, 1.82) is 0 Å². The van der Waals surface area contributed by atoms with Gasteiger partial charge >= 0.3 is 0 Å². The molecule has 27 heavy (non-hydrogen) atoms. The maximum atomic E-state index is 13.9. The topological polar surface area (TPSA) is 70.4 Å². The zero-order chi connectivity index (χ0) is 18.4. The van der Waals surface area contributed by atoms with E-state index in [1.54, 1.807) is 19.3 Å². The molecule has 0 spiro atoms. The molecule has 1 saturated heterocycles. The average molecular weight is 487 g/mol. The zero-order valence-corrected chi connectivity index (χ0v) is 18.1. The van der Waals surface area contributed by atoms with Crippen LogP contribution in [0.3, 0.4) is 0 Å². The van der Waals surface area contributed by atoms with Crippen molar-refractivity contribution < 1.29 is 4.39 Å². The first-order chi connectivity index (χ1) is 12.7. The van der Waals surface area contributed by atoms with Crippen LogP contribution in [-0.2, 0) is 6.54 Å². The molecule has 1 aliphatic heterocycles. The second-order valence-corrected chi connectivity index (χ2v) is 6.52. The van der Waals surface area contributed by atoms with Crippen molar-refractivity contribution >= 4 is 35.8 Å². The minimum atomic E-state index is -0.274. The van der Waals surface area contributed by atoms with Crippen LogP contribution in [0.4, 0.5) is 10.2 Å². The summed E-state index contributed by atoms with van der Waals surface area (Å²) in [4.78, 5) is 10.4. The number of anilines is 1. The molecule has 0 aliphatic carbocycles. The fraction of sp³-hybridized carbons (Fsp3) is 0.500. The van der Waals surface area contributed by atoms with E-state index in [2.05, 4.69) is 25.7 Å². The summed E-state index contributed by atoms with van der Waals surface area (Å²) in [5.41, 5.74) is 1.17. The predicted octanol–water partition coefficient (Wildman–Crippen LogP) is 2.18. The summed E-state index contributed by atoms with van der Waals surface area (Å²) in [7, 11) is 1.76. The van der Waals surface area contributed by atoms with Crippen LogP contribution in [-0.4, -0.2) is 53.4 Å². The van der Waals surface area contributed by atoms with Gasteiger partial charge in [0.15, 0.2) is 17.6 Å². The lowest BCUT2D eigenvalue weighted by atomic mass is 10.3. The molecule has 1 fully saturated rings. The van der Waals surface area contributed by atoms with Crippen LogP contribution in [0.5, 0.6) is 0 Å². The number of pyridine rings is 1. The summed E-state index contributed by atoms with van der Waals surface area (Å²) in [5.74, 6) is 0.925. The van der Waals surface area contributed by atoms with Gasteiger partial charge in [-0.15, -0.1) is 24.0 Å². The lowest BCUT2D eigenvalue weighted by molar-refractivity contribution is 0.565. The van der Waals surface area contributed by atoms with Crippen molar-refractivity contribution in [2.24, 2.45) is 4.99 Å². The highest BCUT2D eigenvalue weighted by atomic mass is 127. The minimum absolute atomic E-state index is 0. The minimum Gasteiger partial charge on any atom is -0.356 e. The Bertz CT molecular complexity index is 749. The van der Waals surface area contributed by atoms with Gasteiger partial charge in [0.25, 0.3) is 0 Å². The standard InChI is InChI=1S/C18H26FN7.HI/c1-14-11-23-26(12-14)9-4-8-22-18(20-2)24-15-6-10-25(13-15)17-16(19)5-3-7-21-17;/h3,5,7,11-12,15H,4,6,8-10,13H2,1-2H3,(H2,20,22,24);1H. The van der Waals surface area contributed by atoms with E-state index in [-0.39, 0.29) is 35.8 Å². The molecule has 0 bridgehead atoms. The van der Waals surface area contributed by atoms with Crippen molar-refractivity contribution in [3.63, 3.8) is 0 Å². The van der Waals surface area contributed by atoms with E-state index in [0.717, 1.165) is 38.4 Å². The number of hydrogen-bond donors (Lipinski definition) is 2. The van der Waals surface area contributed by atoms with Crippen LogP contribution in [0.2, 0.25) is 0 Å². The van der Waals surface area contributed by atoms with E-state index in [4.69, 9.17) is 0 Å². The number of aryl methyl sites for hydroxylation is 2. The fourth-order valence-electron chi connectivity index (χ4n) is 3.11. The normalized spacial score (nSPS) is 16.9. The highest BCUT2D eigenvalue weighted by Crippen LogP contribution is 2.20. The van der Waals surface area contributed by atoms with Crippen LogP contribution in [0.15, 0.2) is 35.7 Å². The summed E-state index contributed by atoms with van der Waals surface area (Å²) in [5, 5.41) is 11.0. The first-order valence-electron chi connectivity index (χ1n) is 8.97. The highest BCUT2D eigenvalue weighted by molar-refractivity contribution is 14.0. The smallest absolute Gasteiger partial charge is 0.191 e. The lowest BCUT2D eigenvalue weighted by Crippen LogP contribution is -2.45. The van der Waals surface area contributed by atoms with Gasteiger partial charge in [-0.3, -0.25) is 9.67 Å². The number of aromatic nitrogens is 3. The number of aliphatic imine (C=N–C) groups is 1. The summed E-state index contributed by atoms with van der Waals surface area (Å²) in [6.45, 7) is 5.20. The van der Waals surface area contributed by atoms with Crippen LogP contribution in [0, 0.1) is 12.7 Å². The molecule has 1 aliphatic rings. The monoisotopic (exact) mass is 487 g/mol. The molecule has 7 nitrogen and oxygen atoms in total. The van der Waals surface area contributed by atoms with Gasteiger partial charge in [0, 0.05) is 51.7 Å². The van der Waals surface area contributed by atoms with Gasteiger partial charge in [0.05, 0.1) is 6.20 Å². The molecule has 0 radical (unpaired) electrons. The van der Waals surface area contributed by atoms with Gasteiger partial charge in [-0.25, -0.2) is 9.37 Å². The van der Waals surface area contributed by atoms with Crippen LogP contribution >= 0.6 is 24.0 Å². The van der Waals surface area contributed by atoms with Gasteiger partial charge in [-0.2, -0.15) is 5.10 Å². The Morgan fingerprint density at radius 3 is 3.00 bits per heavy atom. The molecule has 0 saturated carbocycles. The Morgan fingerprint density at radius 1 is 1.44 bits per heavy atom. The Labute approximate surface area is 176 Å². The van der Waals surface area contributed by atoms with Crippen molar-refractivity contribution in [1.82, 2.24) is 25.4 Å². The summed E-state index contributed by atoms with van der Waals surface area (Å²) in [6.07, 6.45) is 7.41. The predicted molar refractivity (Wildman–Crippen MR) is 116 cm³/mol. The Balaban J connectivity index is 0.00000261. The SMILES string of the molecule is CN=C(NCCCn1cc(C)cn1)NC1CCN(c2ncccc2F)C1.I. The Hall–Kier alpha value is -1.91. The average Bonchev–Trinajstić information content (AvgIpc) is 3.27. The lowest BCUT2D eigenvalue weighted by Gasteiger charge is -2.20. The van der Waals surface area contributed by atoms with Gasteiger partial charge in [-0.1, -0.05) is 0 Å². The van der Waals surface area contributed by atoms with Gasteiger partial charge in [0.1, 0.15) is 0 Å². The number of rotatable bonds is 6. The van der Waals surface area contributed by atoms with E-state index in [1.165, 1.54) is 11.6 Å². The van der Waals surface area contributed by atoms with E-state index < -0.39 is 0 Å². The van der Waals surface area contributed by atoms with Crippen molar-refractivity contribution in [3.05, 3.63) is 42.1 Å². The van der Waals surface area contributed by atoms with Gasteiger partial charge in [-0.05, 0) is 37.5 Å². The maximum absolute atomic E-state index is 13.9.